The quantitative estimate of drug-likeness (QED) is 0.599. The number of nitrogens with zero attached hydrogens (tertiary/aromatic N) is 4. The molecule has 0 bridgehead atoms. The fourth-order valence-electron chi connectivity index (χ4n) is 5.20. The molecule has 5 rings (SSSR count). The van der Waals surface area contributed by atoms with Crippen LogP contribution < -0.4 is 15.8 Å². The third kappa shape index (κ3) is 3.97. The maximum absolute atomic E-state index is 12.4. The topological polar surface area (TPSA) is 98.3 Å². The van der Waals surface area contributed by atoms with Crippen molar-refractivity contribution >= 4 is 11.8 Å². The van der Waals surface area contributed by atoms with Gasteiger partial charge >= 0.3 is 6.03 Å². The van der Waals surface area contributed by atoms with Crippen molar-refractivity contribution in [1.82, 2.24) is 25.0 Å². The lowest BCUT2D eigenvalue weighted by Crippen LogP contribution is -2.40. The first-order valence-electron chi connectivity index (χ1n) is 12.0. The zero-order valence-electron chi connectivity index (χ0n) is 20.0. The van der Waals surface area contributed by atoms with E-state index in [0.717, 1.165) is 49.3 Å². The smallest absolute Gasteiger partial charge is 0.317 e. The summed E-state index contributed by atoms with van der Waals surface area (Å²) in [4.78, 5) is 18.7. The maximum Gasteiger partial charge on any atom is 0.317 e. The van der Waals surface area contributed by atoms with Crippen molar-refractivity contribution in [3.63, 3.8) is 0 Å². The lowest BCUT2D eigenvalue weighted by Gasteiger charge is -2.23. The molecule has 8 nitrogen and oxygen atoms in total. The van der Waals surface area contributed by atoms with Crippen LogP contribution in [0.2, 0.25) is 0 Å². The van der Waals surface area contributed by atoms with Crippen LogP contribution in [0.3, 0.4) is 0 Å². The van der Waals surface area contributed by atoms with E-state index in [9.17, 15) is 4.79 Å². The SMILES string of the molecule is CCNC(=O)N1CCC2(CCn3nc(-c4cnc(N)c(O[C@H](C)c5cccc(C)c5)c4)cc32)C1. The normalized spacial score (nSPS) is 19.9. The van der Waals surface area contributed by atoms with Crippen molar-refractivity contribution in [1.29, 1.82) is 0 Å². The van der Waals surface area contributed by atoms with Gasteiger partial charge in [0.25, 0.3) is 0 Å². The Hall–Kier alpha value is -3.55. The number of likely N-dealkylation sites (tertiary alicyclic amines) is 1. The van der Waals surface area contributed by atoms with Gasteiger partial charge in [-0.3, -0.25) is 4.68 Å². The number of benzene rings is 1. The van der Waals surface area contributed by atoms with Gasteiger partial charge in [-0.15, -0.1) is 0 Å². The number of aryl methyl sites for hydroxylation is 2. The molecule has 0 aliphatic carbocycles. The van der Waals surface area contributed by atoms with E-state index in [1.165, 1.54) is 11.3 Å². The molecule has 0 saturated carbocycles. The fraction of sp³-hybridized carbons (Fsp3) is 0.423. The van der Waals surface area contributed by atoms with Gasteiger partial charge < -0.3 is 20.7 Å². The number of pyridine rings is 1. The number of urea groups is 1. The molecule has 1 unspecified atom stereocenters. The highest BCUT2D eigenvalue weighted by atomic mass is 16.5. The summed E-state index contributed by atoms with van der Waals surface area (Å²) in [5, 5.41) is 7.79. The molecule has 2 aliphatic heterocycles. The fourth-order valence-corrected chi connectivity index (χ4v) is 5.20. The molecule has 2 atom stereocenters. The molecule has 8 heteroatoms. The van der Waals surface area contributed by atoms with Crippen LogP contribution in [0.5, 0.6) is 5.75 Å². The summed E-state index contributed by atoms with van der Waals surface area (Å²) >= 11 is 0. The van der Waals surface area contributed by atoms with Crippen molar-refractivity contribution in [2.75, 3.05) is 25.4 Å². The Balaban J connectivity index is 1.38. The summed E-state index contributed by atoms with van der Waals surface area (Å²) in [7, 11) is 0. The molecule has 3 aromatic rings. The van der Waals surface area contributed by atoms with Crippen molar-refractivity contribution in [2.45, 2.75) is 51.7 Å². The molecule has 1 aromatic carbocycles. The number of aromatic nitrogens is 3. The average molecular weight is 461 g/mol. The number of amides is 2. The third-order valence-electron chi connectivity index (χ3n) is 7.09. The maximum atomic E-state index is 12.4. The minimum Gasteiger partial charge on any atom is -0.482 e. The number of ether oxygens (including phenoxy) is 1. The molecule has 0 radical (unpaired) electrons. The van der Waals surface area contributed by atoms with Crippen molar-refractivity contribution in [2.24, 2.45) is 0 Å². The molecule has 1 fully saturated rings. The van der Waals surface area contributed by atoms with Crippen LogP contribution >= 0.6 is 0 Å². The summed E-state index contributed by atoms with van der Waals surface area (Å²) in [6.07, 6.45) is 3.55. The van der Waals surface area contributed by atoms with E-state index in [2.05, 4.69) is 46.2 Å². The third-order valence-corrected chi connectivity index (χ3v) is 7.09. The molecule has 1 spiro atoms. The van der Waals surface area contributed by atoms with E-state index < -0.39 is 0 Å². The Labute approximate surface area is 200 Å². The van der Waals surface area contributed by atoms with Crippen LogP contribution in [-0.4, -0.2) is 45.3 Å². The highest BCUT2D eigenvalue weighted by Gasteiger charge is 2.46. The van der Waals surface area contributed by atoms with Crippen LogP contribution in [0.4, 0.5) is 10.6 Å². The Morgan fingerprint density at radius 1 is 1.26 bits per heavy atom. The van der Waals surface area contributed by atoms with E-state index in [4.69, 9.17) is 15.6 Å². The van der Waals surface area contributed by atoms with E-state index in [1.54, 1.807) is 6.20 Å². The predicted octanol–water partition coefficient (Wildman–Crippen LogP) is 4.05. The first-order valence-corrected chi connectivity index (χ1v) is 12.0. The number of nitrogen functional groups attached to an aromatic ring is 1. The van der Waals surface area contributed by atoms with Gasteiger partial charge in [-0.25, -0.2) is 9.78 Å². The number of hydrogen-bond donors (Lipinski definition) is 2. The number of fused-ring (bicyclic) bond motifs is 2. The summed E-state index contributed by atoms with van der Waals surface area (Å²) in [6.45, 7) is 9.02. The van der Waals surface area contributed by atoms with Gasteiger partial charge in [-0.1, -0.05) is 29.8 Å². The summed E-state index contributed by atoms with van der Waals surface area (Å²) in [5.41, 5.74) is 11.3. The first kappa shape index (κ1) is 22.3. The van der Waals surface area contributed by atoms with Gasteiger partial charge in [0.15, 0.2) is 11.6 Å². The van der Waals surface area contributed by atoms with Gasteiger partial charge in [-0.05, 0) is 51.3 Å². The lowest BCUT2D eigenvalue weighted by atomic mass is 9.82. The number of nitrogens with two attached hydrogens (primary N) is 1. The lowest BCUT2D eigenvalue weighted by molar-refractivity contribution is 0.206. The molecule has 4 heterocycles. The van der Waals surface area contributed by atoms with Crippen LogP contribution in [0.15, 0.2) is 42.6 Å². The standard InChI is InChI=1S/C26H32N6O2/c1-4-28-25(33)31-10-8-26(16-31)9-11-32-23(26)14-21(30-32)20-13-22(24(27)29-15-20)34-18(3)19-7-5-6-17(2)12-19/h5-7,12-15,18H,4,8-11,16H2,1-3H3,(H2,27,29)(H,28,33)/t18-,26?/m1/s1. The van der Waals surface area contributed by atoms with Gasteiger partial charge in [-0.2, -0.15) is 5.10 Å². The zero-order chi connectivity index (χ0) is 23.9. The predicted molar refractivity (Wildman–Crippen MR) is 132 cm³/mol. The Morgan fingerprint density at radius 3 is 2.88 bits per heavy atom. The van der Waals surface area contributed by atoms with Crippen molar-refractivity contribution < 1.29 is 9.53 Å². The number of rotatable bonds is 5. The second kappa shape index (κ2) is 8.66. The van der Waals surface area contributed by atoms with Gasteiger partial charge in [0.1, 0.15) is 6.10 Å². The molecule has 34 heavy (non-hydrogen) atoms. The minimum atomic E-state index is -0.159. The van der Waals surface area contributed by atoms with E-state index >= 15 is 0 Å². The van der Waals surface area contributed by atoms with E-state index in [0.29, 0.717) is 18.1 Å². The largest absolute Gasteiger partial charge is 0.482 e. The number of hydrogen-bond acceptors (Lipinski definition) is 5. The first-order chi connectivity index (χ1) is 16.4. The Morgan fingerprint density at radius 2 is 2.09 bits per heavy atom. The van der Waals surface area contributed by atoms with Gasteiger partial charge in [0.05, 0.1) is 5.69 Å². The van der Waals surface area contributed by atoms with Crippen LogP contribution in [0, 0.1) is 6.92 Å². The summed E-state index contributed by atoms with van der Waals surface area (Å²) in [6, 6.07) is 12.4. The zero-order valence-corrected chi connectivity index (χ0v) is 20.0. The van der Waals surface area contributed by atoms with Crippen LogP contribution in [0.25, 0.3) is 11.3 Å². The minimum absolute atomic E-state index is 0.0184. The average Bonchev–Trinajstić information content (AvgIpc) is 3.52. The molecule has 2 aromatic heterocycles. The number of carbonyl (C=O) groups excluding carboxylic acids is 1. The number of nitrogens with one attached hydrogen (secondary N) is 1. The van der Waals surface area contributed by atoms with Crippen molar-refractivity contribution in [3.8, 4) is 17.0 Å². The van der Waals surface area contributed by atoms with Crippen LogP contribution in [0.1, 0.15) is 49.6 Å². The molecular weight excluding hydrogens is 428 g/mol. The van der Waals surface area contributed by atoms with Gasteiger partial charge in [0, 0.05) is 49.0 Å². The highest BCUT2D eigenvalue weighted by Crippen LogP contribution is 2.44. The summed E-state index contributed by atoms with van der Waals surface area (Å²) in [5.74, 6) is 0.914. The second-order valence-electron chi connectivity index (χ2n) is 9.46. The molecule has 2 amide bonds. The molecule has 1 saturated heterocycles. The van der Waals surface area contributed by atoms with Crippen molar-refractivity contribution in [3.05, 3.63) is 59.4 Å². The molecule has 3 N–H and O–H groups in total. The monoisotopic (exact) mass is 460 g/mol. The molecule has 2 aliphatic rings. The van der Waals surface area contributed by atoms with Gasteiger partial charge in [0.2, 0.25) is 0 Å². The highest BCUT2D eigenvalue weighted by molar-refractivity contribution is 5.75. The van der Waals surface area contributed by atoms with E-state index in [1.807, 2.05) is 30.9 Å². The van der Waals surface area contributed by atoms with E-state index in [-0.39, 0.29) is 17.6 Å². The molecular formula is C26H32N6O2. The molecule has 178 valence electrons. The number of anilines is 1. The second-order valence-corrected chi connectivity index (χ2v) is 9.46. The van der Waals surface area contributed by atoms with Crippen LogP contribution in [-0.2, 0) is 12.0 Å². The summed E-state index contributed by atoms with van der Waals surface area (Å²) < 4.78 is 8.30. The Kier molecular flexibility index (Phi) is 5.67. The Bertz CT molecular complexity index is 1220. The number of carbonyl (C=O) groups is 1.